The summed E-state index contributed by atoms with van der Waals surface area (Å²) in [6.07, 6.45) is 0. The molecule has 0 radical (unpaired) electrons. The van der Waals surface area contributed by atoms with Crippen molar-refractivity contribution in [2.45, 2.75) is 6.54 Å². The first kappa shape index (κ1) is 12.6. The lowest BCUT2D eigenvalue weighted by Gasteiger charge is -2.06. The Hall–Kier alpha value is -1.88. The summed E-state index contributed by atoms with van der Waals surface area (Å²) in [4.78, 5) is 12.7. The number of carbonyl (C=O) groups excluding carboxylic acids is 1. The molecule has 0 spiro atoms. The van der Waals surface area contributed by atoms with Gasteiger partial charge in [-0.05, 0) is 35.7 Å². The van der Waals surface area contributed by atoms with Gasteiger partial charge in [0, 0.05) is 10.6 Å². The van der Waals surface area contributed by atoms with Crippen LogP contribution in [0.4, 0.5) is 10.1 Å². The third kappa shape index (κ3) is 3.85. The first-order valence-corrected chi connectivity index (χ1v) is 6.40. The van der Waals surface area contributed by atoms with Crippen LogP contribution in [0.1, 0.15) is 4.88 Å². The van der Waals surface area contributed by atoms with E-state index in [0.717, 1.165) is 10.6 Å². The van der Waals surface area contributed by atoms with E-state index in [4.69, 9.17) is 0 Å². The number of amides is 1. The van der Waals surface area contributed by atoms with Gasteiger partial charge in [-0.2, -0.15) is 0 Å². The van der Waals surface area contributed by atoms with Crippen molar-refractivity contribution in [1.82, 2.24) is 5.32 Å². The van der Waals surface area contributed by atoms with Crippen LogP contribution in [-0.4, -0.2) is 12.5 Å². The van der Waals surface area contributed by atoms with Crippen LogP contribution in [0.2, 0.25) is 0 Å². The maximum Gasteiger partial charge on any atom is 0.239 e. The Balaban J connectivity index is 1.73. The number of halogens is 1. The van der Waals surface area contributed by atoms with Gasteiger partial charge in [-0.25, -0.2) is 4.39 Å². The van der Waals surface area contributed by atoms with Crippen molar-refractivity contribution in [3.05, 3.63) is 52.5 Å². The number of carbonyl (C=O) groups is 1. The van der Waals surface area contributed by atoms with E-state index in [9.17, 15) is 9.18 Å². The molecule has 2 rings (SSSR count). The predicted molar refractivity (Wildman–Crippen MR) is 71.1 cm³/mol. The molecule has 0 aliphatic heterocycles. The average molecular weight is 264 g/mol. The topological polar surface area (TPSA) is 41.1 Å². The minimum Gasteiger partial charge on any atom is -0.376 e. The van der Waals surface area contributed by atoms with E-state index in [2.05, 4.69) is 10.6 Å². The van der Waals surface area contributed by atoms with E-state index >= 15 is 0 Å². The summed E-state index contributed by atoms with van der Waals surface area (Å²) in [5.41, 5.74) is 0.725. The molecule has 0 bridgehead atoms. The number of anilines is 1. The highest BCUT2D eigenvalue weighted by atomic mass is 32.1. The van der Waals surface area contributed by atoms with E-state index in [0.29, 0.717) is 6.54 Å². The van der Waals surface area contributed by atoms with Crippen LogP contribution in [-0.2, 0) is 11.3 Å². The third-order valence-electron chi connectivity index (χ3n) is 2.34. The molecule has 2 N–H and O–H groups in total. The molecule has 1 amide bonds. The lowest BCUT2D eigenvalue weighted by atomic mass is 10.3. The summed E-state index contributed by atoms with van der Waals surface area (Å²) in [5.74, 6) is -0.379. The van der Waals surface area contributed by atoms with E-state index in [1.54, 1.807) is 23.5 Å². The predicted octanol–water partition coefficient (Wildman–Crippen LogP) is 2.62. The number of rotatable bonds is 5. The standard InChI is InChI=1S/C13H13FN2OS/c14-10-3-5-11(6-4-10)15-9-13(17)16-8-12-2-1-7-18-12/h1-7,15H,8-9H2,(H,16,17). The largest absolute Gasteiger partial charge is 0.376 e. The minimum absolute atomic E-state index is 0.0901. The normalized spacial score (nSPS) is 10.1. The molecule has 3 nitrogen and oxygen atoms in total. The van der Waals surface area contributed by atoms with Crippen LogP contribution >= 0.6 is 11.3 Å². The molecule has 2 aromatic rings. The summed E-state index contributed by atoms with van der Waals surface area (Å²) in [5, 5.41) is 7.70. The number of nitrogens with one attached hydrogen (secondary N) is 2. The Morgan fingerprint density at radius 3 is 2.67 bits per heavy atom. The second-order valence-corrected chi connectivity index (χ2v) is 4.75. The highest BCUT2D eigenvalue weighted by Gasteiger charge is 2.01. The van der Waals surface area contributed by atoms with Gasteiger partial charge in [-0.15, -0.1) is 11.3 Å². The number of hydrogen-bond donors (Lipinski definition) is 2. The molecule has 0 unspecified atom stereocenters. The number of thiophene rings is 1. The maximum absolute atomic E-state index is 12.7. The molecular formula is C13H13FN2OS. The monoisotopic (exact) mass is 264 g/mol. The first-order chi connectivity index (χ1) is 8.74. The van der Waals surface area contributed by atoms with Crippen LogP contribution in [0.25, 0.3) is 0 Å². The molecule has 0 aliphatic carbocycles. The fraction of sp³-hybridized carbons (Fsp3) is 0.154. The van der Waals surface area contributed by atoms with Crippen molar-refractivity contribution in [2.24, 2.45) is 0 Å². The molecule has 0 aliphatic rings. The molecule has 0 atom stereocenters. The Bertz CT molecular complexity index is 496. The van der Waals surface area contributed by atoms with Crippen molar-refractivity contribution >= 4 is 22.9 Å². The van der Waals surface area contributed by atoms with Crippen LogP contribution in [0.15, 0.2) is 41.8 Å². The van der Waals surface area contributed by atoms with Crippen molar-refractivity contribution in [1.29, 1.82) is 0 Å². The molecule has 0 saturated carbocycles. The Labute approximate surface area is 109 Å². The van der Waals surface area contributed by atoms with Crippen molar-refractivity contribution in [3.8, 4) is 0 Å². The van der Waals surface area contributed by atoms with Gasteiger partial charge in [-0.3, -0.25) is 4.79 Å². The molecule has 1 aromatic carbocycles. The van der Waals surface area contributed by atoms with Gasteiger partial charge in [-0.1, -0.05) is 6.07 Å². The maximum atomic E-state index is 12.7. The summed E-state index contributed by atoms with van der Waals surface area (Å²) >= 11 is 1.60. The van der Waals surface area contributed by atoms with Gasteiger partial charge in [0.05, 0.1) is 13.1 Å². The summed E-state index contributed by atoms with van der Waals surface area (Å²) in [7, 11) is 0. The van der Waals surface area contributed by atoms with Crippen molar-refractivity contribution in [3.63, 3.8) is 0 Å². The molecule has 0 fully saturated rings. The molecule has 5 heteroatoms. The second kappa shape index (κ2) is 6.16. The smallest absolute Gasteiger partial charge is 0.239 e. The summed E-state index contributed by atoms with van der Waals surface area (Å²) in [6.45, 7) is 0.721. The van der Waals surface area contributed by atoms with E-state index in [1.165, 1.54) is 12.1 Å². The Morgan fingerprint density at radius 2 is 2.00 bits per heavy atom. The molecule has 1 heterocycles. The van der Waals surface area contributed by atoms with Gasteiger partial charge in [0.25, 0.3) is 0 Å². The van der Waals surface area contributed by atoms with E-state index in [1.807, 2.05) is 17.5 Å². The van der Waals surface area contributed by atoms with Gasteiger partial charge < -0.3 is 10.6 Å². The number of hydrogen-bond acceptors (Lipinski definition) is 3. The van der Waals surface area contributed by atoms with Crippen LogP contribution < -0.4 is 10.6 Å². The SMILES string of the molecule is O=C(CNc1ccc(F)cc1)NCc1cccs1. The fourth-order valence-corrected chi connectivity index (χ4v) is 2.06. The summed E-state index contributed by atoms with van der Waals surface area (Å²) in [6, 6.07) is 9.82. The zero-order chi connectivity index (χ0) is 12.8. The first-order valence-electron chi connectivity index (χ1n) is 5.52. The molecule has 0 saturated heterocycles. The van der Waals surface area contributed by atoms with Gasteiger partial charge in [0.1, 0.15) is 5.82 Å². The van der Waals surface area contributed by atoms with Gasteiger partial charge >= 0.3 is 0 Å². The minimum atomic E-state index is -0.289. The van der Waals surface area contributed by atoms with Crippen molar-refractivity contribution < 1.29 is 9.18 Å². The van der Waals surface area contributed by atoms with Crippen LogP contribution in [0.5, 0.6) is 0 Å². The summed E-state index contributed by atoms with van der Waals surface area (Å²) < 4.78 is 12.7. The zero-order valence-electron chi connectivity index (χ0n) is 9.65. The highest BCUT2D eigenvalue weighted by molar-refractivity contribution is 7.09. The van der Waals surface area contributed by atoms with Gasteiger partial charge in [0.15, 0.2) is 0 Å². The van der Waals surface area contributed by atoms with Crippen molar-refractivity contribution in [2.75, 3.05) is 11.9 Å². The molecular weight excluding hydrogens is 251 g/mol. The molecule has 18 heavy (non-hydrogen) atoms. The lowest BCUT2D eigenvalue weighted by molar-refractivity contribution is -0.119. The zero-order valence-corrected chi connectivity index (χ0v) is 10.5. The lowest BCUT2D eigenvalue weighted by Crippen LogP contribution is -2.29. The van der Waals surface area contributed by atoms with Crippen LogP contribution in [0, 0.1) is 5.82 Å². The quantitative estimate of drug-likeness (QED) is 0.871. The average Bonchev–Trinajstić information content (AvgIpc) is 2.89. The fourth-order valence-electron chi connectivity index (χ4n) is 1.41. The van der Waals surface area contributed by atoms with Crippen LogP contribution in [0.3, 0.4) is 0 Å². The molecule has 1 aromatic heterocycles. The number of benzene rings is 1. The third-order valence-corrected chi connectivity index (χ3v) is 3.21. The Kier molecular flexibility index (Phi) is 4.30. The second-order valence-electron chi connectivity index (χ2n) is 3.72. The van der Waals surface area contributed by atoms with Gasteiger partial charge in [0.2, 0.25) is 5.91 Å². The highest BCUT2D eigenvalue weighted by Crippen LogP contribution is 2.08. The van der Waals surface area contributed by atoms with E-state index < -0.39 is 0 Å². The molecule has 94 valence electrons. The Morgan fingerprint density at radius 1 is 1.22 bits per heavy atom. The van der Waals surface area contributed by atoms with E-state index in [-0.39, 0.29) is 18.3 Å².